The molecule has 0 amide bonds. The van der Waals surface area contributed by atoms with Crippen molar-refractivity contribution in [1.82, 2.24) is 4.90 Å². The molecule has 1 aromatic rings. The molecule has 2 heterocycles. The van der Waals surface area contributed by atoms with Crippen molar-refractivity contribution in [3.63, 3.8) is 0 Å². The summed E-state index contributed by atoms with van der Waals surface area (Å²) in [6, 6.07) is 9.36. The fourth-order valence-corrected chi connectivity index (χ4v) is 3.66. The molecular formula is C16H21NO3. The van der Waals surface area contributed by atoms with Gasteiger partial charge in [-0.05, 0) is 44.4 Å². The summed E-state index contributed by atoms with van der Waals surface area (Å²) in [5.41, 5.74) is 0.572. The molecule has 2 aliphatic heterocycles. The van der Waals surface area contributed by atoms with E-state index in [1.165, 1.54) is 0 Å². The lowest BCUT2D eigenvalue weighted by Gasteiger charge is -2.34. The molecule has 0 unspecified atom stereocenters. The number of ether oxygens (including phenoxy) is 1. The summed E-state index contributed by atoms with van der Waals surface area (Å²) in [6.45, 7) is 1.65. The van der Waals surface area contributed by atoms with Crippen LogP contribution in [-0.2, 0) is 4.74 Å². The Morgan fingerprint density at radius 3 is 2.90 bits per heavy atom. The van der Waals surface area contributed by atoms with Gasteiger partial charge in [-0.1, -0.05) is 18.2 Å². The van der Waals surface area contributed by atoms with Gasteiger partial charge in [0.25, 0.3) is 0 Å². The number of hydrogen-bond donors (Lipinski definition) is 1. The van der Waals surface area contributed by atoms with Crippen molar-refractivity contribution in [3.8, 4) is 0 Å². The number of carbonyl (C=O) groups is 1. The molecule has 0 saturated carbocycles. The molecule has 108 valence electrons. The molecular weight excluding hydrogens is 254 g/mol. The van der Waals surface area contributed by atoms with Gasteiger partial charge in [0, 0.05) is 6.04 Å². The Labute approximate surface area is 119 Å². The zero-order valence-electron chi connectivity index (χ0n) is 11.6. The van der Waals surface area contributed by atoms with E-state index in [0.29, 0.717) is 12.2 Å². The highest BCUT2D eigenvalue weighted by Crippen LogP contribution is 2.42. The molecule has 0 spiro atoms. The monoisotopic (exact) mass is 275 g/mol. The first kappa shape index (κ1) is 13.6. The molecule has 4 nitrogen and oxygen atoms in total. The number of nitrogens with zero attached hydrogens (tertiary/aromatic N) is 1. The molecule has 1 aromatic carbocycles. The van der Waals surface area contributed by atoms with Crippen LogP contribution in [0.25, 0.3) is 0 Å². The summed E-state index contributed by atoms with van der Waals surface area (Å²) in [7, 11) is 0. The first-order valence-corrected chi connectivity index (χ1v) is 7.35. The fourth-order valence-electron chi connectivity index (χ4n) is 3.66. The molecule has 0 aromatic heterocycles. The van der Waals surface area contributed by atoms with Crippen molar-refractivity contribution in [3.05, 3.63) is 35.9 Å². The van der Waals surface area contributed by atoms with Gasteiger partial charge in [-0.25, -0.2) is 4.79 Å². The highest BCUT2D eigenvalue weighted by molar-refractivity contribution is 5.89. The van der Waals surface area contributed by atoms with E-state index >= 15 is 0 Å². The van der Waals surface area contributed by atoms with E-state index in [1.54, 1.807) is 12.1 Å². The topological polar surface area (TPSA) is 49.8 Å². The molecule has 2 atom stereocenters. The normalized spacial score (nSPS) is 29.4. The second kappa shape index (κ2) is 5.54. The Morgan fingerprint density at radius 1 is 1.35 bits per heavy atom. The third-order valence-corrected chi connectivity index (χ3v) is 4.73. The van der Waals surface area contributed by atoms with E-state index in [4.69, 9.17) is 4.74 Å². The minimum atomic E-state index is -0.251. The van der Waals surface area contributed by atoms with Gasteiger partial charge in [0.1, 0.15) is 6.61 Å². The zero-order valence-corrected chi connectivity index (χ0v) is 11.6. The summed E-state index contributed by atoms with van der Waals surface area (Å²) in [4.78, 5) is 14.4. The summed E-state index contributed by atoms with van der Waals surface area (Å²) in [5.74, 6) is -0.251. The molecule has 2 saturated heterocycles. The lowest BCUT2D eigenvalue weighted by Crippen LogP contribution is -2.47. The Hall–Kier alpha value is -1.39. The maximum atomic E-state index is 12.0. The van der Waals surface area contributed by atoms with Crippen LogP contribution in [0.2, 0.25) is 0 Å². The predicted molar refractivity (Wildman–Crippen MR) is 75.5 cm³/mol. The van der Waals surface area contributed by atoms with Crippen LogP contribution in [0.3, 0.4) is 0 Å². The van der Waals surface area contributed by atoms with Crippen LogP contribution in [-0.4, -0.2) is 47.3 Å². The van der Waals surface area contributed by atoms with Crippen molar-refractivity contribution in [2.45, 2.75) is 37.3 Å². The zero-order chi connectivity index (χ0) is 14.0. The largest absolute Gasteiger partial charge is 0.460 e. The average molecular weight is 275 g/mol. The van der Waals surface area contributed by atoms with Gasteiger partial charge in [-0.15, -0.1) is 0 Å². The van der Waals surface area contributed by atoms with Crippen molar-refractivity contribution in [1.29, 1.82) is 0 Å². The van der Waals surface area contributed by atoms with Gasteiger partial charge in [-0.3, -0.25) is 4.90 Å². The van der Waals surface area contributed by atoms with Crippen molar-refractivity contribution in [2.75, 3.05) is 19.8 Å². The van der Waals surface area contributed by atoms with E-state index < -0.39 is 0 Å². The number of aliphatic hydroxyl groups is 1. The lowest BCUT2D eigenvalue weighted by molar-refractivity contribution is 0.0154. The lowest BCUT2D eigenvalue weighted by atomic mass is 9.95. The maximum absolute atomic E-state index is 12.0. The van der Waals surface area contributed by atoms with Gasteiger partial charge >= 0.3 is 5.97 Å². The van der Waals surface area contributed by atoms with Crippen LogP contribution >= 0.6 is 0 Å². The second-order valence-electron chi connectivity index (χ2n) is 5.84. The third-order valence-electron chi connectivity index (χ3n) is 4.73. The van der Waals surface area contributed by atoms with E-state index in [-0.39, 0.29) is 24.2 Å². The molecule has 2 fully saturated rings. The minimum Gasteiger partial charge on any atom is -0.460 e. The number of carbonyl (C=O) groups excluding carboxylic acids is 1. The SMILES string of the molecule is O=C(OC[C@@]12CCCN1[C@@H](CO)CC2)c1ccccc1. The molecule has 20 heavy (non-hydrogen) atoms. The highest BCUT2D eigenvalue weighted by Gasteiger charge is 2.49. The third kappa shape index (κ3) is 2.34. The quantitative estimate of drug-likeness (QED) is 0.852. The Balaban J connectivity index is 1.65. The average Bonchev–Trinajstić information content (AvgIpc) is 3.04. The molecule has 3 rings (SSSR count). The predicted octanol–water partition coefficient (Wildman–Crippen LogP) is 1.83. The number of rotatable bonds is 4. The highest BCUT2D eigenvalue weighted by atomic mass is 16.5. The molecule has 0 bridgehead atoms. The van der Waals surface area contributed by atoms with Crippen LogP contribution in [0.5, 0.6) is 0 Å². The van der Waals surface area contributed by atoms with Gasteiger partial charge in [-0.2, -0.15) is 0 Å². The van der Waals surface area contributed by atoms with Crippen molar-refractivity contribution in [2.24, 2.45) is 0 Å². The molecule has 0 aliphatic carbocycles. The van der Waals surface area contributed by atoms with Gasteiger partial charge < -0.3 is 9.84 Å². The van der Waals surface area contributed by atoms with Crippen LogP contribution in [0.1, 0.15) is 36.0 Å². The van der Waals surface area contributed by atoms with Crippen molar-refractivity contribution < 1.29 is 14.6 Å². The number of esters is 1. The van der Waals surface area contributed by atoms with Crippen molar-refractivity contribution >= 4 is 5.97 Å². The standard InChI is InChI=1S/C16H21NO3/c18-11-14-7-9-16(8-4-10-17(14)16)12-20-15(19)13-5-2-1-3-6-13/h1-3,5-6,14,18H,4,7-12H2/t14-,16+/m1/s1. The first-order valence-electron chi connectivity index (χ1n) is 7.35. The summed E-state index contributed by atoms with van der Waals surface area (Å²) < 4.78 is 5.55. The number of benzene rings is 1. The molecule has 0 radical (unpaired) electrons. The van der Waals surface area contributed by atoms with Crippen LogP contribution in [0, 0.1) is 0 Å². The van der Waals surface area contributed by atoms with E-state index in [9.17, 15) is 9.90 Å². The fraction of sp³-hybridized carbons (Fsp3) is 0.562. The van der Waals surface area contributed by atoms with E-state index in [2.05, 4.69) is 4.90 Å². The number of aliphatic hydroxyl groups excluding tert-OH is 1. The molecule has 2 aliphatic rings. The number of hydrogen-bond acceptors (Lipinski definition) is 4. The smallest absolute Gasteiger partial charge is 0.338 e. The first-order chi connectivity index (χ1) is 9.75. The second-order valence-corrected chi connectivity index (χ2v) is 5.84. The van der Waals surface area contributed by atoms with Crippen LogP contribution < -0.4 is 0 Å². The van der Waals surface area contributed by atoms with E-state index in [0.717, 1.165) is 32.2 Å². The molecule has 1 N–H and O–H groups in total. The van der Waals surface area contributed by atoms with Gasteiger partial charge in [0.15, 0.2) is 0 Å². The van der Waals surface area contributed by atoms with Crippen LogP contribution in [0.15, 0.2) is 30.3 Å². The minimum absolute atomic E-state index is 0.0299. The molecule has 4 heteroatoms. The van der Waals surface area contributed by atoms with Gasteiger partial charge in [0.2, 0.25) is 0 Å². The van der Waals surface area contributed by atoms with E-state index in [1.807, 2.05) is 18.2 Å². The number of fused-ring (bicyclic) bond motifs is 1. The Morgan fingerprint density at radius 2 is 2.15 bits per heavy atom. The summed E-state index contributed by atoms with van der Waals surface area (Å²) in [5, 5.41) is 9.43. The van der Waals surface area contributed by atoms with Gasteiger partial charge in [0.05, 0.1) is 17.7 Å². The maximum Gasteiger partial charge on any atom is 0.338 e. The van der Waals surface area contributed by atoms with Crippen LogP contribution in [0.4, 0.5) is 0 Å². The summed E-state index contributed by atoms with van der Waals surface area (Å²) >= 11 is 0. The Kier molecular flexibility index (Phi) is 3.76. The summed E-state index contributed by atoms with van der Waals surface area (Å²) in [6.07, 6.45) is 4.20. The Bertz CT molecular complexity index is 476.